The smallest absolute Gasteiger partial charge is 0.189 e. The van der Waals surface area contributed by atoms with E-state index in [4.69, 9.17) is 10.5 Å². The molecule has 1 aromatic rings. The molecule has 1 aliphatic heterocycles. The van der Waals surface area contributed by atoms with Crippen molar-refractivity contribution in [2.45, 2.75) is 20.0 Å². The summed E-state index contributed by atoms with van der Waals surface area (Å²) in [5.41, 5.74) is 9.35. The maximum Gasteiger partial charge on any atom is 0.189 e. The number of hydrogen-bond acceptors (Lipinski definition) is 3. The summed E-state index contributed by atoms with van der Waals surface area (Å²) in [6.45, 7) is 11.6. The molecule has 2 rings (SSSR count). The fourth-order valence-corrected chi connectivity index (χ4v) is 2.32. The SMILES string of the molecule is C=C(C)CNC(N)=NCc1cccc(CN2CCOCC2)c1. The zero-order chi connectivity index (χ0) is 15.8. The highest BCUT2D eigenvalue weighted by Gasteiger charge is 2.10. The molecule has 1 aromatic carbocycles. The molecule has 0 saturated carbocycles. The molecule has 0 spiro atoms. The van der Waals surface area contributed by atoms with E-state index in [0.29, 0.717) is 19.0 Å². The van der Waals surface area contributed by atoms with Crippen LogP contribution in [0.1, 0.15) is 18.1 Å². The van der Waals surface area contributed by atoms with Crippen LogP contribution in [0.4, 0.5) is 0 Å². The maximum atomic E-state index is 5.83. The van der Waals surface area contributed by atoms with Crippen LogP contribution in [0.3, 0.4) is 0 Å². The van der Waals surface area contributed by atoms with Gasteiger partial charge in [-0.15, -0.1) is 0 Å². The monoisotopic (exact) mass is 302 g/mol. The minimum atomic E-state index is 0.460. The standard InChI is InChI=1S/C17H26N4O/c1-14(2)11-19-17(18)20-12-15-4-3-5-16(10-15)13-21-6-8-22-9-7-21/h3-5,10H,1,6-9,11-13H2,2H3,(H3,18,19,20). The number of nitrogens with zero attached hydrogens (tertiary/aromatic N) is 2. The summed E-state index contributed by atoms with van der Waals surface area (Å²) in [7, 11) is 0. The highest BCUT2D eigenvalue weighted by atomic mass is 16.5. The molecule has 0 radical (unpaired) electrons. The van der Waals surface area contributed by atoms with Gasteiger partial charge in [-0.3, -0.25) is 4.90 Å². The lowest BCUT2D eigenvalue weighted by molar-refractivity contribution is 0.0342. The first kappa shape index (κ1) is 16.5. The van der Waals surface area contributed by atoms with Gasteiger partial charge < -0.3 is 15.8 Å². The van der Waals surface area contributed by atoms with Crippen LogP contribution in [0.2, 0.25) is 0 Å². The lowest BCUT2D eigenvalue weighted by atomic mass is 10.1. The number of nitrogens with one attached hydrogen (secondary N) is 1. The van der Waals surface area contributed by atoms with Crippen molar-refractivity contribution in [3.8, 4) is 0 Å². The van der Waals surface area contributed by atoms with E-state index in [1.807, 2.05) is 6.92 Å². The molecule has 3 N–H and O–H groups in total. The normalized spacial score (nSPS) is 16.5. The van der Waals surface area contributed by atoms with Crippen molar-refractivity contribution in [1.82, 2.24) is 10.2 Å². The number of aliphatic imine (C=N–C) groups is 1. The Morgan fingerprint density at radius 1 is 1.36 bits per heavy atom. The third kappa shape index (κ3) is 5.87. The summed E-state index contributed by atoms with van der Waals surface area (Å²) >= 11 is 0. The number of morpholine rings is 1. The zero-order valence-electron chi connectivity index (χ0n) is 13.3. The minimum absolute atomic E-state index is 0.460. The summed E-state index contributed by atoms with van der Waals surface area (Å²) < 4.78 is 5.38. The maximum absolute atomic E-state index is 5.83. The number of guanidine groups is 1. The Bertz CT molecular complexity index is 521. The molecular weight excluding hydrogens is 276 g/mol. The second-order valence-corrected chi connectivity index (χ2v) is 5.72. The van der Waals surface area contributed by atoms with Crippen LogP contribution in [0.25, 0.3) is 0 Å². The fourth-order valence-electron chi connectivity index (χ4n) is 2.32. The van der Waals surface area contributed by atoms with Crippen LogP contribution in [-0.2, 0) is 17.8 Å². The summed E-state index contributed by atoms with van der Waals surface area (Å²) in [4.78, 5) is 6.77. The molecule has 1 saturated heterocycles. The van der Waals surface area contributed by atoms with E-state index in [0.717, 1.165) is 38.4 Å². The lowest BCUT2D eigenvalue weighted by Gasteiger charge is -2.26. The van der Waals surface area contributed by atoms with Crippen LogP contribution in [-0.4, -0.2) is 43.7 Å². The van der Waals surface area contributed by atoms with Gasteiger partial charge in [-0.05, 0) is 18.1 Å². The van der Waals surface area contributed by atoms with Gasteiger partial charge in [0.1, 0.15) is 0 Å². The third-order valence-corrected chi connectivity index (χ3v) is 3.50. The number of ether oxygens (including phenoxy) is 1. The molecule has 0 amide bonds. The molecule has 1 aliphatic rings. The molecule has 0 unspecified atom stereocenters. The van der Waals surface area contributed by atoms with Gasteiger partial charge >= 0.3 is 0 Å². The highest BCUT2D eigenvalue weighted by Crippen LogP contribution is 2.10. The Morgan fingerprint density at radius 3 is 2.82 bits per heavy atom. The van der Waals surface area contributed by atoms with E-state index < -0.39 is 0 Å². The second kappa shape index (κ2) is 8.56. The van der Waals surface area contributed by atoms with Gasteiger partial charge in [-0.25, -0.2) is 4.99 Å². The van der Waals surface area contributed by atoms with E-state index in [1.165, 1.54) is 11.1 Å². The van der Waals surface area contributed by atoms with Crippen molar-refractivity contribution in [2.75, 3.05) is 32.8 Å². The van der Waals surface area contributed by atoms with E-state index in [2.05, 4.69) is 46.1 Å². The molecule has 1 heterocycles. The van der Waals surface area contributed by atoms with Crippen LogP contribution in [0.15, 0.2) is 41.4 Å². The van der Waals surface area contributed by atoms with Crippen LogP contribution >= 0.6 is 0 Å². The molecule has 0 bridgehead atoms. The Morgan fingerprint density at radius 2 is 2.09 bits per heavy atom. The van der Waals surface area contributed by atoms with E-state index in [9.17, 15) is 0 Å². The summed E-state index contributed by atoms with van der Waals surface area (Å²) in [5, 5.41) is 3.04. The first-order valence-corrected chi connectivity index (χ1v) is 7.69. The molecule has 1 fully saturated rings. The topological polar surface area (TPSA) is 62.9 Å². The van der Waals surface area contributed by atoms with E-state index >= 15 is 0 Å². The second-order valence-electron chi connectivity index (χ2n) is 5.72. The van der Waals surface area contributed by atoms with Crippen molar-refractivity contribution in [3.63, 3.8) is 0 Å². The van der Waals surface area contributed by atoms with Crippen molar-refractivity contribution in [1.29, 1.82) is 0 Å². The zero-order valence-corrected chi connectivity index (χ0v) is 13.3. The molecule has 5 nitrogen and oxygen atoms in total. The van der Waals surface area contributed by atoms with Crippen LogP contribution in [0, 0.1) is 0 Å². The molecule has 120 valence electrons. The molecular formula is C17H26N4O. The summed E-state index contributed by atoms with van der Waals surface area (Å²) in [6.07, 6.45) is 0. The molecule has 0 atom stereocenters. The average molecular weight is 302 g/mol. The Kier molecular flexibility index (Phi) is 6.43. The highest BCUT2D eigenvalue weighted by molar-refractivity contribution is 5.78. The van der Waals surface area contributed by atoms with Gasteiger partial charge in [0.25, 0.3) is 0 Å². The first-order chi connectivity index (χ1) is 10.6. The van der Waals surface area contributed by atoms with Gasteiger partial charge in [-0.2, -0.15) is 0 Å². The summed E-state index contributed by atoms with van der Waals surface area (Å²) in [6, 6.07) is 8.52. The minimum Gasteiger partial charge on any atom is -0.379 e. The fraction of sp³-hybridized carbons (Fsp3) is 0.471. The quantitative estimate of drug-likeness (QED) is 0.475. The number of rotatable bonds is 6. The van der Waals surface area contributed by atoms with Crippen molar-refractivity contribution >= 4 is 5.96 Å². The predicted octanol–water partition coefficient (Wildman–Crippen LogP) is 1.50. The van der Waals surface area contributed by atoms with Gasteiger partial charge in [0.05, 0.1) is 19.8 Å². The van der Waals surface area contributed by atoms with Crippen molar-refractivity contribution < 1.29 is 4.74 Å². The number of nitrogens with two attached hydrogens (primary N) is 1. The van der Waals surface area contributed by atoms with Gasteiger partial charge in [-0.1, -0.05) is 36.4 Å². The van der Waals surface area contributed by atoms with E-state index in [-0.39, 0.29) is 0 Å². The Labute approximate surface area is 132 Å². The first-order valence-electron chi connectivity index (χ1n) is 7.69. The van der Waals surface area contributed by atoms with Crippen LogP contribution < -0.4 is 11.1 Å². The molecule has 5 heteroatoms. The number of hydrogen-bond donors (Lipinski definition) is 2. The Hall–Kier alpha value is -1.85. The van der Waals surface area contributed by atoms with E-state index in [1.54, 1.807) is 0 Å². The lowest BCUT2D eigenvalue weighted by Crippen LogP contribution is -2.35. The van der Waals surface area contributed by atoms with Crippen LogP contribution in [0.5, 0.6) is 0 Å². The Balaban J connectivity index is 1.87. The molecule has 22 heavy (non-hydrogen) atoms. The third-order valence-electron chi connectivity index (χ3n) is 3.50. The largest absolute Gasteiger partial charge is 0.379 e. The molecule has 0 aliphatic carbocycles. The number of benzene rings is 1. The molecule has 0 aromatic heterocycles. The van der Waals surface area contributed by atoms with Crippen molar-refractivity contribution in [2.24, 2.45) is 10.7 Å². The van der Waals surface area contributed by atoms with Gasteiger partial charge in [0.2, 0.25) is 0 Å². The average Bonchev–Trinajstić information content (AvgIpc) is 2.52. The summed E-state index contributed by atoms with van der Waals surface area (Å²) in [5.74, 6) is 0.460. The van der Waals surface area contributed by atoms with Gasteiger partial charge in [0, 0.05) is 26.2 Å². The van der Waals surface area contributed by atoms with Gasteiger partial charge in [0.15, 0.2) is 5.96 Å². The predicted molar refractivity (Wildman–Crippen MR) is 90.7 cm³/mol. The van der Waals surface area contributed by atoms with Crippen molar-refractivity contribution in [3.05, 3.63) is 47.5 Å².